The fraction of sp³-hybridized carbons (Fsp3) is 0.241. The molecule has 3 N–H and O–H groups in total. The highest BCUT2D eigenvalue weighted by Crippen LogP contribution is 2.38. The van der Waals surface area contributed by atoms with Gasteiger partial charge in [-0.1, -0.05) is 44.2 Å². The van der Waals surface area contributed by atoms with Crippen LogP contribution >= 0.6 is 0 Å². The number of anilines is 2. The van der Waals surface area contributed by atoms with Gasteiger partial charge in [0.15, 0.2) is 0 Å². The molecule has 0 saturated carbocycles. The molecular formula is C29H31FN4O2. The van der Waals surface area contributed by atoms with Crippen molar-refractivity contribution in [1.82, 2.24) is 10.2 Å². The Morgan fingerprint density at radius 1 is 1.00 bits per heavy atom. The molecule has 0 radical (unpaired) electrons. The summed E-state index contributed by atoms with van der Waals surface area (Å²) in [6.45, 7) is 4.89. The van der Waals surface area contributed by atoms with E-state index >= 15 is 0 Å². The SMILES string of the molecule is CC(C)C(=O)NCc1cccc(C(Nc2ccc(CN(C)C)cc2)=C2C(=O)Nc3cc(F)ccc32)c1. The normalized spacial score (nSPS) is 14.0. The Labute approximate surface area is 211 Å². The van der Waals surface area contributed by atoms with E-state index in [0.29, 0.717) is 29.1 Å². The van der Waals surface area contributed by atoms with Crippen molar-refractivity contribution in [3.05, 3.63) is 94.8 Å². The third-order valence-electron chi connectivity index (χ3n) is 5.91. The molecule has 2 amide bonds. The van der Waals surface area contributed by atoms with Crippen LogP contribution in [0.15, 0.2) is 66.7 Å². The summed E-state index contributed by atoms with van der Waals surface area (Å²) in [4.78, 5) is 27.3. The van der Waals surface area contributed by atoms with Gasteiger partial charge in [-0.05, 0) is 67.2 Å². The van der Waals surface area contributed by atoms with Crippen LogP contribution in [0.25, 0.3) is 11.3 Å². The molecule has 0 fully saturated rings. The molecule has 0 atom stereocenters. The molecule has 3 aromatic carbocycles. The number of fused-ring (bicyclic) bond motifs is 1. The second kappa shape index (κ2) is 10.7. The van der Waals surface area contributed by atoms with Gasteiger partial charge in [-0.3, -0.25) is 9.59 Å². The molecule has 0 bridgehead atoms. The summed E-state index contributed by atoms with van der Waals surface area (Å²) in [5, 5.41) is 9.16. The second-order valence-electron chi connectivity index (χ2n) is 9.53. The zero-order chi connectivity index (χ0) is 25.8. The number of amides is 2. The van der Waals surface area contributed by atoms with Crippen LogP contribution in [0.1, 0.15) is 36.1 Å². The third kappa shape index (κ3) is 5.80. The van der Waals surface area contributed by atoms with Crippen molar-refractivity contribution in [3.8, 4) is 0 Å². The molecule has 0 saturated heterocycles. The Hall–Kier alpha value is -3.97. The van der Waals surface area contributed by atoms with E-state index in [1.165, 1.54) is 17.7 Å². The van der Waals surface area contributed by atoms with E-state index < -0.39 is 5.82 Å². The summed E-state index contributed by atoms with van der Waals surface area (Å²) >= 11 is 0. The van der Waals surface area contributed by atoms with Crippen LogP contribution in [-0.4, -0.2) is 30.8 Å². The fourth-order valence-electron chi connectivity index (χ4n) is 4.11. The Morgan fingerprint density at radius 2 is 1.75 bits per heavy atom. The number of hydrogen-bond acceptors (Lipinski definition) is 4. The Morgan fingerprint density at radius 3 is 2.44 bits per heavy atom. The predicted molar refractivity (Wildman–Crippen MR) is 142 cm³/mol. The zero-order valence-electron chi connectivity index (χ0n) is 21.0. The Balaban J connectivity index is 1.75. The molecular weight excluding hydrogens is 455 g/mol. The molecule has 6 nitrogen and oxygen atoms in total. The first-order chi connectivity index (χ1) is 17.2. The van der Waals surface area contributed by atoms with Gasteiger partial charge >= 0.3 is 0 Å². The lowest BCUT2D eigenvalue weighted by atomic mass is 9.98. The van der Waals surface area contributed by atoms with Crippen LogP contribution in [-0.2, 0) is 22.7 Å². The molecule has 1 aliphatic heterocycles. The summed E-state index contributed by atoms with van der Waals surface area (Å²) in [6, 6.07) is 20.0. The molecule has 1 aliphatic rings. The minimum Gasteiger partial charge on any atom is -0.354 e. The van der Waals surface area contributed by atoms with Gasteiger partial charge in [0.05, 0.1) is 17.0 Å². The summed E-state index contributed by atoms with van der Waals surface area (Å²) in [7, 11) is 4.04. The summed E-state index contributed by atoms with van der Waals surface area (Å²) < 4.78 is 13.9. The van der Waals surface area contributed by atoms with Gasteiger partial charge in [0.2, 0.25) is 5.91 Å². The van der Waals surface area contributed by atoms with Crippen LogP contribution < -0.4 is 16.0 Å². The maximum Gasteiger partial charge on any atom is 0.258 e. The molecule has 0 aromatic heterocycles. The van der Waals surface area contributed by atoms with E-state index in [1.807, 2.05) is 76.5 Å². The molecule has 4 rings (SSSR count). The highest BCUT2D eigenvalue weighted by Gasteiger charge is 2.29. The topological polar surface area (TPSA) is 73.5 Å². The average molecular weight is 487 g/mol. The number of halogens is 1. The molecule has 0 aliphatic carbocycles. The van der Waals surface area contributed by atoms with Gasteiger partial charge < -0.3 is 20.9 Å². The van der Waals surface area contributed by atoms with E-state index in [-0.39, 0.29) is 17.7 Å². The number of carbonyl (C=O) groups excluding carboxylic acids is 2. The molecule has 0 spiro atoms. The zero-order valence-corrected chi connectivity index (χ0v) is 21.0. The number of nitrogens with zero attached hydrogens (tertiary/aromatic N) is 1. The van der Waals surface area contributed by atoms with E-state index in [9.17, 15) is 14.0 Å². The fourth-order valence-corrected chi connectivity index (χ4v) is 4.11. The maximum absolute atomic E-state index is 13.9. The minimum atomic E-state index is -0.413. The van der Waals surface area contributed by atoms with Crippen molar-refractivity contribution in [2.24, 2.45) is 5.92 Å². The van der Waals surface area contributed by atoms with E-state index in [4.69, 9.17) is 0 Å². The predicted octanol–water partition coefficient (Wildman–Crippen LogP) is 5.09. The van der Waals surface area contributed by atoms with Gasteiger partial charge in [-0.25, -0.2) is 4.39 Å². The Bertz CT molecular complexity index is 1310. The van der Waals surface area contributed by atoms with Gasteiger partial charge in [0.1, 0.15) is 5.82 Å². The van der Waals surface area contributed by atoms with Crippen LogP contribution in [0.3, 0.4) is 0 Å². The smallest absolute Gasteiger partial charge is 0.258 e. The van der Waals surface area contributed by atoms with Crippen molar-refractivity contribution in [1.29, 1.82) is 0 Å². The lowest BCUT2D eigenvalue weighted by Crippen LogP contribution is -2.27. The lowest BCUT2D eigenvalue weighted by Gasteiger charge is -2.17. The van der Waals surface area contributed by atoms with Crippen molar-refractivity contribution < 1.29 is 14.0 Å². The molecule has 36 heavy (non-hydrogen) atoms. The van der Waals surface area contributed by atoms with Crippen molar-refractivity contribution in [2.75, 3.05) is 24.7 Å². The minimum absolute atomic E-state index is 0.0268. The van der Waals surface area contributed by atoms with Gasteiger partial charge in [0.25, 0.3) is 5.91 Å². The van der Waals surface area contributed by atoms with Crippen LogP contribution in [0.2, 0.25) is 0 Å². The molecule has 0 unspecified atom stereocenters. The number of rotatable bonds is 8. The van der Waals surface area contributed by atoms with E-state index in [2.05, 4.69) is 20.9 Å². The Kier molecular flexibility index (Phi) is 7.50. The number of benzene rings is 3. The van der Waals surface area contributed by atoms with Gasteiger partial charge in [0, 0.05) is 30.3 Å². The van der Waals surface area contributed by atoms with Gasteiger partial charge in [-0.2, -0.15) is 0 Å². The maximum atomic E-state index is 13.9. The molecule has 3 aromatic rings. The largest absolute Gasteiger partial charge is 0.354 e. The standard InChI is InChI=1S/C29H31FN4O2/c1-18(2)28(35)31-16-20-6-5-7-21(14-20)27(32-23-11-8-19(9-12-23)17-34(3)4)26-24-13-10-22(30)15-25(24)33-29(26)36/h5-15,18,32H,16-17H2,1-4H3,(H,31,35)(H,33,36). The monoisotopic (exact) mass is 486 g/mol. The van der Waals surface area contributed by atoms with Crippen molar-refractivity contribution in [3.63, 3.8) is 0 Å². The van der Waals surface area contributed by atoms with Crippen molar-refractivity contribution >= 4 is 34.5 Å². The third-order valence-corrected chi connectivity index (χ3v) is 5.91. The summed E-state index contributed by atoms with van der Waals surface area (Å²) in [6.07, 6.45) is 0. The van der Waals surface area contributed by atoms with Gasteiger partial charge in [-0.15, -0.1) is 0 Å². The van der Waals surface area contributed by atoms with E-state index in [1.54, 1.807) is 6.07 Å². The quantitative estimate of drug-likeness (QED) is 0.388. The molecule has 186 valence electrons. The number of nitrogens with one attached hydrogen (secondary N) is 3. The van der Waals surface area contributed by atoms with Crippen LogP contribution in [0, 0.1) is 11.7 Å². The first-order valence-electron chi connectivity index (χ1n) is 11.9. The first-order valence-corrected chi connectivity index (χ1v) is 11.9. The van der Waals surface area contributed by atoms with E-state index in [0.717, 1.165) is 23.4 Å². The second-order valence-corrected chi connectivity index (χ2v) is 9.53. The molecule has 1 heterocycles. The highest BCUT2D eigenvalue weighted by atomic mass is 19.1. The van der Waals surface area contributed by atoms with Crippen molar-refractivity contribution in [2.45, 2.75) is 26.9 Å². The average Bonchev–Trinajstić information content (AvgIpc) is 3.16. The lowest BCUT2D eigenvalue weighted by molar-refractivity contribution is -0.124. The number of hydrogen-bond donors (Lipinski definition) is 3. The highest BCUT2D eigenvalue weighted by molar-refractivity contribution is 6.37. The number of carbonyl (C=O) groups is 2. The summed E-state index contributed by atoms with van der Waals surface area (Å²) in [5.74, 6) is -0.854. The molecule has 7 heteroatoms. The van der Waals surface area contributed by atoms with Crippen LogP contribution in [0.4, 0.5) is 15.8 Å². The van der Waals surface area contributed by atoms with Crippen LogP contribution in [0.5, 0.6) is 0 Å². The summed E-state index contributed by atoms with van der Waals surface area (Å²) in [5.41, 5.74) is 5.79. The first kappa shape index (κ1) is 25.1.